The molecular formula is C16H19NO2. The van der Waals surface area contributed by atoms with Crippen LogP contribution in [-0.2, 0) is 0 Å². The number of methoxy groups -OCH3 is 1. The molecule has 0 radical (unpaired) electrons. The van der Waals surface area contributed by atoms with Crippen LogP contribution in [-0.4, -0.2) is 17.2 Å². The van der Waals surface area contributed by atoms with Crippen LogP contribution in [0.15, 0.2) is 30.6 Å². The van der Waals surface area contributed by atoms with Crippen LogP contribution in [0.3, 0.4) is 0 Å². The number of aliphatic hydroxyl groups excluding tert-OH is 1. The second-order valence-electron chi connectivity index (χ2n) is 4.81. The molecule has 1 N–H and O–H groups in total. The predicted molar refractivity (Wildman–Crippen MR) is 75.5 cm³/mol. The minimum absolute atomic E-state index is 0.632. The average molecular weight is 257 g/mol. The maximum absolute atomic E-state index is 10.6. The van der Waals surface area contributed by atoms with E-state index in [1.165, 1.54) is 0 Å². The molecule has 0 aliphatic rings. The van der Waals surface area contributed by atoms with E-state index in [4.69, 9.17) is 4.74 Å². The van der Waals surface area contributed by atoms with Gasteiger partial charge in [-0.2, -0.15) is 0 Å². The van der Waals surface area contributed by atoms with Crippen molar-refractivity contribution in [2.24, 2.45) is 0 Å². The first-order chi connectivity index (χ1) is 9.04. The summed E-state index contributed by atoms with van der Waals surface area (Å²) < 4.78 is 5.30. The Morgan fingerprint density at radius 2 is 1.79 bits per heavy atom. The minimum Gasteiger partial charge on any atom is -0.496 e. The average Bonchev–Trinajstić information content (AvgIpc) is 2.40. The number of aliphatic hydroxyl groups is 1. The molecule has 2 aromatic rings. The normalized spacial score (nSPS) is 12.3. The molecule has 19 heavy (non-hydrogen) atoms. The highest BCUT2D eigenvalue weighted by atomic mass is 16.5. The van der Waals surface area contributed by atoms with Gasteiger partial charge in [-0.15, -0.1) is 0 Å². The lowest BCUT2D eigenvalue weighted by molar-refractivity contribution is 0.218. The van der Waals surface area contributed by atoms with E-state index in [0.717, 1.165) is 33.6 Å². The molecule has 1 aromatic carbocycles. The van der Waals surface area contributed by atoms with Crippen molar-refractivity contribution in [3.05, 3.63) is 58.4 Å². The van der Waals surface area contributed by atoms with Gasteiger partial charge in [0.25, 0.3) is 0 Å². The van der Waals surface area contributed by atoms with Crippen LogP contribution in [0.4, 0.5) is 0 Å². The van der Waals surface area contributed by atoms with Crippen molar-refractivity contribution < 1.29 is 9.84 Å². The van der Waals surface area contributed by atoms with E-state index in [9.17, 15) is 5.11 Å². The Hall–Kier alpha value is -1.87. The Labute approximate surface area is 113 Å². The Bertz CT molecular complexity index is 593. The van der Waals surface area contributed by atoms with Gasteiger partial charge in [-0.25, -0.2) is 0 Å². The Balaban J connectivity index is 2.48. The molecule has 1 aromatic heterocycles. The molecule has 1 atom stereocenters. The molecule has 100 valence electrons. The summed E-state index contributed by atoms with van der Waals surface area (Å²) in [6.45, 7) is 5.92. The summed E-state index contributed by atoms with van der Waals surface area (Å²) in [4.78, 5) is 4.06. The van der Waals surface area contributed by atoms with Crippen LogP contribution < -0.4 is 4.74 Å². The SMILES string of the molecule is COc1cc(C)c(C(O)c2ccncc2C)cc1C. The molecule has 3 heteroatoms. The van der Waals surface area contributed by atoms with Gasteiger partial charge in [-0.05, 0) is 66.8 Å². The molecule has 0 fully saturated rings. The van der Waals surface area contributed by atoms with E-state index in [-0.39, 0.29) is 0 Å². The highest BCUT2D eigenvalue weighted by molar-refractivity contribution is 5.45. The lowest BCUT2D eigenvalue weighted by Crippen LogP contribution is -2.05. The minimum atomic E-state index is -0.632. The van der Waals surface area contributed by atoms with Gasteiger partial charge in [-0.3, -0.25) is 4.98 Å². The lowest BCUT2D eigenvalue weighted by Gasteiger charge is -2.18. The first-order valence-corrected chi connectivity index (χ1v) is 6.28. The van der Waals surface area contributed by atoms with E-state index < -0.39 is 6.10 Å². The molecule has 2 rings (SSSR count). The number of benzene rings is 1. The molecule has 1 heterocycles. The fourth-order valence-electron chi connectivity index (χ4n) is 2.29. The van der Waals surface area contributed by atoms with E-state index in [2.05, 4.69) is 4.98 Å². The topological polar surface area (TPSA) is 42.4 Å². The summed E-state index contributed by atoms with van der Waals surface area (Å²) >= 11 is 0. The molecule has 0 saturated heterocycles. The maximum Gasteiger partial charge on any atom is 0.122 e. The standard InChI is InChI=1S/C16H19NO2/c1-10-8-15(19-4)11(2)7-14(10)16(18)13-5-6-17-9-12(13)3/h5-9,16,18H,1-4H3. The zero-order valence-corrected chi connectivity index (χ0v) is 11.8. The third-order valence-electron chi connectivity index (χ3n) is 3.44. The molecule has 0 saturated carbocycles. The van der Waals surface area contributed by atoms with Crippen LogP contribution in [0.25, 0.3) is 0 Å². The van der Waals surface area contributed by atoms with Gasteiger partial charge in [0.15, 0.2) is 0 Å². The molecule has 0 aliphatic carbocycles. The Morgan fingerprint density at radius 1 is 1.05 bits per heavy atom. The number of hydrogen-bond acceptors (Lipinski definition) is 3. The van der Waals surface area contributed by atoms with Gasteiger partial charge in [0.2, 0.25) is 0 Å². The molecule has 3 nitrogen and oxygen atoms in total. The van der Waals surface area contributed by atoms with Crippen LogP contribution in [0.1, 0.15) is 33.9 Å². The summed E-state index contributed by atoms with van der Waals surface area (Å²) in [5.74, 6) is 0.847. The van der Waals surface area contributed by atoms with Crippen LogP contribution in [0.2, 0.25) is 0 Å². The predicted octanol–water partition coefficient (Wildman–Crippen LogP) is 3.10. The summed E-state index contributed by atoms with van der Waals surface area (Å²) in [5, 5.41) is 10.6. The van der Waals surface area contributed by atoms with Gasteiger partial charge < -0.3 is 9.84 Å². The van der Waals surface area contributed by atoms with E-state index in [0.29, 0.717) is 0 Å². The first-order valence-electron chi connectivity index (χ1n) is 6.28. The van der Waals surface area contributed by atoms with Crippen LogP contribution in [0.5, 0.6) is 5.75 Å². The van der Waals surface area contributed by atoms with Crippen molar-refractivity contribution in [2.75, 3.05) is 7.11 Å². The summed E-state index contributed by atoms with van der Waals surface area (Å²) in [7, 11) is 1.66. The molecule has 1 unspecified atom stereocenters. The van der Waals surface area contributed by atoms with Crippen molar-refractivity contribution in [2.45, 2.75) is 26.9 Å². The summed E-state index contributed by atoms with van der Waals surface area (Å²) in [5.41, 5.74) is 4.83. The number of rotatable bonds is 3. The first kappa shape index (κ1) is 13.6. The molecular weight excluding hydrogens is 238 g/mol. The van der Waals surface area contributed by atoms with Gasteiger partial charge in [0, 0.05) is 12.4 Å². The third-order valence-corrected chi connectivity index (χ3v) is 3.44. The zero-order valence-electron chi connectivity index (χ0n) is 11.8. The Morgan fingerprint density at radius 3 is 2.42 bits per heavy atom. The molecule has 0 amide bonds. The monoisotopic (exact) mass is 257 g/mol. The fraction of sp³-hybridized carbons (Fsp3) is 0.312. The van der Waals surface area contributed by atoms with Crippen LogP contribution >= 0.6 is 0 Å². The largest absolute Gasteiger partial charge is 0.496 e. The number of aryl methyl sites for hydroxylation is 3. The van der Waals surface area contributed by atoms with E-state index in [1.54, 1.807) is 19.5 Å². The van der Waals surface area contributed by atoms with Crippen LogP contribution in [0, 0.1) is 20.8 Å². The number of ether oxygens (including phenoxy) is 1. The van der Waals surface area contributed by atoms with Crippen molar-refractivity contribution in [3.8, 4) is 5.75 Å². The maximum atomic E-state index is 10.6. The van der Waals surface area contributed by atoms with E-state index in [1.807, 2.05) is 39.0 Å². The summed E-state index contributed by atoms with van der Waals surface area (Å²) in [6, 6.07) is 5.81. The van der Waals surface area contributed by atoms with Gasteiger partial charge in [0.05, 0.1) is 7.11 Å². The van der Waals surface area contributed by atoms with Crippen molar-refractivity contribution >= 4 is 0 Å². The van der Waals surface area contributed by atoms with Gasteiger partial charge in [0.1, 0.15) is 11.9 Å². The number of pyridine rings is 1. The lowest BCUT2D eigenvalue weighted by atomic mass is 9.94. The highest BCUT2D eigenvalue weighted by Gasteiger charge is 2.16. The van der Waals surface area contributed by atoms with Crippen molar-refractivity contribution in [1.82, 2.24) is 4.98 Å². The number of nitrogens with zero attached hydrogens (tertiary/aromatic N) is 1. The number of aromatic nitrogens is 1. The Kier molecular flexibility index (Phi) is 3.86. The van der Waals surface area contributed by atoms with Crippen molar-refractivity contribution in [1.29, 1.82) is 0 Å². The van der Waals surface area contributed by atoms with Crippen molar-refractivity contribution in [3.63, 3.8) is 0 Å². The highest BCUT2D eigenvalue weighted by Crippen LogP contribution is 2.31. The number of hydrogen-bond donors (Lipinski definition) is 1. The van der Waals surface area contributed by atoms with Gasteiger partial charge >= 0.3 is 0 Å². The van der Waals surface area contributed by atoms with Gasteiger partial charge in [-0.1, -0.05) is 0 Å². The molecule has 0 spiro atoms. The van der Waals surface area contributed by atoms with E-state index >= 15 is 0 Å². The molecule has 0 aliphatic heterocycles. The second-order valence-corrected chi connectivity index (χ2v) is 4.81. The quantitative estimate of drug-likeness (QED) is 0.918. The molecule has 0 bridgehead atoms. The third kappa shape index (κ3) is 2.61. The second kappa shape index (κ2) is 5.41. The summed E-state index contributed by atoms with van der Waals surface area (Å²) in [6.07, 6.45) is 2.84. The fourth-order valence-corrected chi connectivity index (χ4v) is 2.29. The smallest absolute Gasteiger partial charge is 0.122 e. The zero-order chi connectivity index (χ0) is 14.0.